The van der Waals surface area contributed by atoms with Gasteiger partial charge in [0, 0.05) is 38.7 Å². The number of piperidine rings is 1. The van der Waals surface area contributed by atoms with E-state index in [-0.39, 0.29) is 0 Å². The van der Waals surface area contributed by atoms with E-state index >= 15 is 0 Å². The molecule has 0 radical (unpaired) electrons. The van der Waals surface area contributed by atoms with Gasteiger partial charge < -0.3 is 15.4 Å². The van der Waals surface area contributed by atoms with Gasteiger partial charge in [0.15, 0.2) is 5.13 Å². The van der Waals surface area contributed by atoms with E-state index < -0.39 is 0 Å². The minimum Gasteiger partial charge on any atom is -0.384 e. The summed E-state index contributed by atoms with van der Waals surface area (Å²) in [5.41, 5.74) is 6.56. The second-order valence-electron chi connectivity index (χ2n) is 4.21. The molecule has 16 heavy (non-hydrogen) atoms. The Labute approximate surface area is 100 Å². The summed E-state index contributed by atoms with van der Waals surface area (Å²) in [4.78, 5) is 6.87. The molecule has 0 unspecified atom stereocenters. The van der Waals surface area contributed by atoms with E-state index in [1.807, 2.05) is 0 Å². The number of anilines is 1. The number of nitrogens with two attached hydrogens (primary N) is 1. The molecular weight excluding hydrogens is 222 g/mol. The maximum Gasteiger partial charge on any atom is 0.185 e. The van der Waals surface area contributed by atoms with Crippen LogP contribution in [0.5, 0.6) is 0 Å². The third-order valence-corrected chi connectivity index (χ3v) is 3.99. The van der Waals surface area contributed by atoms with Crippen LogP contribution in [0.25, 0.3) is 0 Å². The first-order valence-electron chi connectivity index (χ1n) is 5.72. The Morgan fingerprint density at radius 1 is 1.56 bits per heavy atom. The van der Waals surface area contributed by atoms with Crippen LogP contribution in [0.4, 0.5) is 5.13 Å². The highest BCUT2D eigenvalue weighted by atomic mass is 32.1. The predicted octanol–water partition coefficient (Wildman–Crippen LogP) is 1.46. The molecule has 90 valence electrons. The van der Waals surface area contributed by atoms with E-state index in [1.165, 1.54) is 12.8 Å². The summed E-state index contributed by atoms with van der Waals surface area (Å²) in [6.45, 7) is 3.60. The van der Waals surface area contributed by atoms with Crippen LogP contribution in [0, 0.1) is 5.92 Å². The zero-order chi connectivity index (χ0) is 11.4. The van der Waals surface area contributed by atoms with E-state index in [9.17, 15) is 0 Å². The molecule has 2 heterocycles. The standard InChI is InChI=1S/C11H19N3OS/c1-15-7-9-2-4-14(5-3-9)11-13-10(6-12)8-16-11/h8-9H,2-7,12H2,1H3. The van der Waals surface area contributed by atoms with Crippen molar-refractivity contribution >= 4 is 16.5 Å². The van der Waals surface area contributed by atoms with E-state index in [0.717, 1.165) is 36.4 Å². The minimum atomic E-state index is 0.538. The van der Waals surface area contributed by atoms with E-state index in [2.05, 4.69) is 15.3 Å². The molecule has 0 saturated carbocycles. The molecule has 1 aliphatic heterocycles. The van der Waals surface area contributed by atoms with Gasteiger partial charge in [0.2, 0.25) is 0 Å². The van der Waals surface area contributed by atoms with Crippen molar-refractivity contribution in [2.45, 2.75) is 19.4 Å². The summed E-state index contributed by atoms with van der Waals surface area (Å²) in [5, 5.41) is 3.17. The molecule has 2 N–H and O–H groups in total. The van der Waals surface area contributed by atoms with Gasteiger partial charge in [-0.25, -0.2) is 4.98 Å². The molecule has 0 aromatic carbocycles. The van der Waals surface area contributed by atoms with Crippen LogP contribution in [0.3, 0.4) is 0 Å². The number of ether oxygens (including phenoxy) is 1. The first-order chi connectivity index (χ1) is 7.83. The lowest BCUT2D eigenvalue weighted by molar-refractivity contribution is 0.139. The van der Waals surface area contributed by atoms with Crippen molar-refractivity contribution in [1.82, 2.24) is 4.98 Å². The topological polar surface area (TPSA) is 51.4 Å². The number of hydrogen-bond donors (Lipinski definition) is 1. The van der Waals surface area contributed by atoms with Gasteiger partial charge in [0.05, 0.1) is 5.69 Å². The number of methoxy groups -OCH3 is 1. The Hall–Kier alpha value is -0.650. The number of rotatable bonds is 4. The number of thiazole rings is 1. The van der Waals surface area contributed by atoms with Crippen molar-refractivity contribution in [2.75, 3.05) is 31.7 Å². The first-order valence-corrected chi connectivity index (χ1v) is 6.59. The predicted molar refractivity (Wildman–Crippen MR) is 66.8 cm³/mol. The molecule has 1 aromatic heterocycles. The van der Waals surface area contributed by atoms with Crippen molar-refractivity contribution in [3.8, 4) is 0 Å². The Kier molecular flexibility index (Phi) is 4.15. The maximum absolute atomic E-state index is 5.56. The lowest BCUT2D eigenvalue weighted by atomic mass is 9.98. The molecule has 0 bridgehead atoms. The zero-order valence-corrected chi connectivity index (χ0v) is 10.5. The van der Waals surface area contributed by atoms with Crippen LogP contribution in [0.15, 0.2) is 5.38 Å². The van der Waals surface area contributed by atoms with Crippen LogP contribution in [-0.4, -0.2) is 31.8 Å². The second kappa shape index (κ2) is 5.61. The Balaban J connectivity index is 1.88. The average Bonchev–Trinajstić information content (AvgIpc) is 2.79. The monoisotopic (exact) mass is 241 g/mol. The van der Waals surface area contributed by atoms with Crippen LogP contribution in [0.1, 0.15) is 18.5 Å². The quantitative estimate of drug-likeness (QED) is 0.867. The minimum absolute atomic E-state index is 0.538. The molecule has 0 spiro atoms. The lowest BCUT2D eigenvalue weighted by Crippen LogP contribution is -2.34. The first kappa shape index (κ1) is 11.8. The Morgan fingerprint density at radius 3 is 2.88 bits per heavy atom. The van der Waals surface area contributed by atoms with Gasteiger partial charge in [-0.15, -0.1) is 11.3 Å². The van der Waals surface area contributed by atoms with Crippen LogP contribution in [-0.2, 0) is 11.3 Å². The molecule has 1 aromatic rings. The third kappa shape index (κ3) is 2.72. The molecule has 5 heteroatoms. The fourth-order valence-corrected chi connectivity index (χ4v) is 2.95. The summed E-state index contributed by atoms with van der Waals surface area (Å²) >= 11 is 1.70. The van der Waals surface area contributed by atoms with Gasteiger partial charge in [-0.1, -0.05) is 0 Å². The highest BCUT2D eigenvalue weighted by Crippen LogP contribution is 2.26. The zero-order valence-electron chi connectivity index (χ0n) is 9.69. The second-order valence-corrected chi connectivity index (χ2v) is 5.05. The Morgan fingerprint density at radius 2 is 2.31 bits per heavy atom. The van der Waals surface area contributed by atoms with Gasteiger partial charge in [0.1, 0.15) is 0 Å². The molecule has 0 aliphatic carbocycles. The van der Waals surface area contributed by atoms with Crippen LogP contribution < -0.4 is 10.6 Å². The molecule has 2 rings (SSSR count). The fourth-order valence-electron chi connectivity index (χ4n) is 2.06. The van der Waals surface area contributed by atoms with Gasteiger partial charge in [0.25, 0.3) is 0 Å². The number of aromatic nitrogens is 1. The third-order valence-electron chi connectivity index (χ3n) is 3.04. The summed E-state index contributed by atoms with van der Waals surface area (Å²) in [6.07, 6.45) is 2.40. The molecule has 0 amide bonds. The highest BCUT2D eigenvalue weighted by Gasteiger charge is 2.20. The summed E-state index contributed by atoms with van der Waals surface area (Å²) in [6, 6.07) is 0. The summed E-state index contributed by atoms with van der Waals surface area (Å²) in [7, 11) is 1.78. The van der Waals surface area contributed by atoms with Crippen LogP contribution in [0.2, 0.25) is 0 Å². The van der Waals surface area contributed by atoms with Gasteiger partial charge in [-0.05, 0) is 18.8 Å². The van der Waals surface area contributed by atoms with Crippen molar-refractivity contribution < 1.29 is 4.74 Å². The molecular formula is C11H19N3OS. The molecule has 4 nitrogen and oxygen atoms in total. The van der Waals surface area contributed by atoms with Crippen molar-refractivity contribution in [2.24, 2.45) is 11.7 Å². The lowest BCUT2D eigenvalue weighted by Gasteiger charge is -2.31. The summed E-state index contributed by atoms with van der Waals surface area (Å²) < 4.78 is 5.20. The summed E-state index contributed by atoms with van der Waals surface area (Å²) in [5.74, 6) is 0.718. The largest absolute Gasteiger partial charge is 0.384 e. The number of hydrogen-bond acceptors (Lipinski definition) is 5. The number of nitrogens with zero attached hydrogens (tertiary/aromatic N) is 2. The van der Waals surface area contributed by atoms with Gasteiger partial charge in [-0.3, -0.25) is 0 Å². The molecule has 1 saturated heterocycles. The van der Waals surface area contributed by atoms with Crippen molar-refractivity contribution in [3.05, 3.63) is 11.1 Å². The van der Waals surface area contributed by atoms with Crippen molar-refractivity contribution in [3.63, 3.8) is 0 Å². The maximum atomic E-state index is 5.56. The fraction of sp³-hybridized carbons (Fsp3) is 0.727. The smallest absolute Gasteiger partial charge is 0.185 e. The van der Waals surface area contributed by atoms with Gasteiger partial charge >= 0.3 is 0 Å². The van der Waals surface area contributed by atoms with E-state index in [4.69, 9.17) is 10.5 Å². The van der Waals surface area contributed by atoms with E-state index in [1.54, 1.807) is 18.4 Å². The van der Waals surface area contributed by atoms with Crippen LogP contribution >= 0.6 is 11.3 Å². The molecule has 0 atom stereocenters. The highest BCUT2D eigenvalue weighted by molar-refractivity contribution is 7.13. The Bertz CT molecular complexity index is 321. The normalized spacial score (nSPS) is 18.0. The van der Waals surface area contributed by atoms with Crippen molar-refractivity contribution in [1.29, 1.82) is 0 Å². The SMILES string of the molecule is COCC1CCN(c2nc(CN)cs2)CC1. The van der Waals surface area contributed by atoms with E-state index in [0.29, 0.717) is 6.54 Å². The molecule has 1 aliphatic rings. The average molecular weight is 241 g/mol. The molecule has 1 fully saturated rings. The van der Waals surface area contributed by atoms with Gasteiger partial charge in [-0.2, -0.15) is 0 Å².